The summed E-state index contributed by atoms with van der Waals surface area (Å²) in [5.41, 5.74) is 2.42. The molecule has 2 heteroatoms. The maximum Gasteiger partial charge on any atom is 0.135 e. The first-order valence-corrected chi connectivity index (χ1v) is 13.0. The zero-order valence-electron chi connectivity index (χ0n) is 20.2. The zero-order valence-corrected chi connectivity index (χ0v) is 20.2. The van der Waals surface area contributed by atoms with Gasteiger partial charge in [0.15, 0.2) is 0 Å². The minimum Gasteiger partial charge on any atom is -0.456 e. The fourth-order valence-corrected chi connectivity index (χ4v) is 6.99. The first kappa shape index (κ1) is 19.1. The molecule has 2 heterocycles. The smallest absolute Gasteiger partial charge is 0.135 e. The Morgan fingerprint density at radius 2 is 0.684 bits per heavy atom. The van der Waals surface area contributed by atoms with E-state index in [0.29, 0.717) is 0 Å². The maximum absolute atomic E-state index is 6.48. The van der Waals surface area contributed by atoms with Crippen molar-refractivity contribution in [2.75, 3.05) is 0 Å². The van der Waals surface area contributed by atoms with E-state index in [1.807, 2.05) is 0 Å². The molecule has 0 N–H and O–H groups in total. The zero-order chi connectivity index (χ0) is 24.5. The molecule has 0 fully saturated rings. The number of benzene rings is 8. The topological polar surface area (TPSA) is 18.5 Å². The molecule has 0 spiro atoms. The van der Waals surface area contributed by atoms with Gasteiger partial charge in [-0.3, -0.25) is 0 Å². The van der Waals surface area contributed by atoms with Gasteiger partial charge in [-0.2, -0.15) is 0 Å². The van der Waals surface area contributed by atoms with Crippen LogP contribution in [0.1, 0.15) is 0 Å². The monoisotopic (exact) mass is 482 g/mol. The lowest BCUT2D eigenvalue weighted by atomic mass is 9.87. The Morgan fingerprint density at radius 1 is 0.289 bits per heavy atom. The van der Waals surface area contributed by atoms with Crippen molar-refractivity contribution in [2.45, 2.75) is 0 Å². The van der Waals surface area contributed by atoms with Gasteiger partial charge in [0, 0.05) is 32.3 Å². The van der Waals surface area contributed by atoms with Crippen molar-refractivity contribution in [1.82, 2.24) is 0 Å². The summed E-state index contributed by atoms with van der Waals surface area (Å²) in [6, 6.07) is 39.2. The molecule has 0 atom stereocenters. The highest BCUT2D eigenvalue weighted by molar-refractivity contribution is 6.30. The summed E-state index contributed by atoms with van der Waals surface area (Å²) in [5, 5.41) is 14.7. The minimum atomic E-state index is 0.923. The first-order valence-electron chi connectivity index (χ1n) is 13.0. The van der Waals surface area contributed by atoms with Gasteiger partial charge < -0.3 is 9.47 Å². The second-order valence-electron chi connectivity index (χ2n) is 10.4. The predicted molar refractivity (Wildman–Crippen MR) is 157 cm³/mol. The molecular formula is C36H18O2. The third-order valence-electron chi connectivity index (χ3n) is 8.58. The summed E-state index contributed by atoms with van der Waals surface area (Å²) < 4.78 is 13.0. The molecule has 0 unspecified atom stereocenters. The molecule has 0 saturated carbocycles. The summed E-state index contributed by atoms with van der Waals surface area (Å²) in [7, 11) is 0. The van der Waals surface area contributed by atoms with Crippen molar-refractivity contribution in [1.29, 1.82) is 0 Å². The molecule has 8 aromatic rings. The molecule has 2 nitrogen and oxygen atoms in total. The summed E-state index contributed by atoms with van der Waals surface area (Å²) in [5.74, 6) is 3.72. The summed E-state index contributed by atoms with van der Waals surface area (Å²) in [6.07, 6.45) is 0. The molecule has 0 radical (unpaired) electrons. The van der Waals surface area contributed by atoms with E-state index < -0.39 is 0 Å². The molecule has 8 aromatic carbocycles. The van der Waals surface area contributed by atoms with Crippen LogP contribution in [0, 0.1) is 0 Å². The number of rotatable bonds is 1. The van der Waals surface area contributed by atoms with E-state index in [4.69, 9.17) is 9.47 Å². The van der Waals surface area contributed by atoms with Gasteiger partial charge >= 0.3 is 0 Å². The Morgan fingerprint density at radius 3 is 1.16 bits per heavy atom. The normalized spacial score (nSPS) is 13.2. The van der Waals surface area contributed by atoms with Crippen LogP contribution in [0.3, 0.4) is 0 Å². The molecular weight excluding hydrogens is 464 g/mol. The second-order valence-corrected chi connectivity index (χ2v) is 10.4. The molecule has 0 saturated heterocycles. The van der Waals surface area contributed by atoms with Crippen LogP contribution in [0.2, 0.25) is 0 Å². The quantitative estimate of drug-likeness (QED) is 0.217. The average molecular weight is 483 g/mol. The lowest BCUT2D eigenvalue weighted by molar-refractivity contribution is 0.492. The van der Waals surface area contributed by atoms with Crippen molar-refractivity contribution >= 4 is 64.6 Å². The van der Waals surface area contributed by atoms with Gasteiger partial charge in [-0.1, -0.05) is 84.9 Å². The second kappa shape index (κ2) is 6.42. The first-order chi connectivity index (χ1) is 18.8. The Labute approximate surface area is 217 Å². The number of ether oxygens (including phenoxy) is 2. The van der Waals surface area contributed by atoms with Crippen LogP contribution in [0.5, 0.6) is 23.0 Å². The average Bonchev–Trinajstić information content (AvgIpc) is 2.97. The van der Waals surface area contributed by atoms with Crippen LogP contribution in [-0.2, 0) is 0 Å². The van der Waals surface area contributed by atoms with E-state index in [1.54, 1.807) is 0 Å². The van der Waals surface area contributed by atoms with Crippen LogP contribution in [0.4, 0.5) is 0 Å². The minimum absolute atomic E-state index is 0.923. The fraction of sp³-hybridized carbons (Fsp3) is 0. The van der Waals surface area contributed by atoms with Crippen LogP contribution in [0.15, 0.2) is 109 Å². The molecule has 0 amide bonds. The highest BCUT2D eigenvalue weighted by Crippen LogP contribution is 2.52. The van der Waals surface area contributed by atoms with Crippen molar-refractivity contribution in [2.24, 2.45) is 0 Å². The molecule has 10 rings (SSSR count). The third kappa shape index (κ3) is 2.17. The van der Waals surface area contributed by atoms with E-state index in [0.717, 1.165) is 23.0 Å². The standard InChI is InChI=1S/C36H18O2/c1-3-19-7-9-21-11-13-25-23(15-17-29-35(25)33(21)31(19)27(5-1)37-29)24-16-18-30-36-26(24)14-12-22-10-8-20-4-2-6-28(38-30)32(20)34(22)36/h1-18H. The van der Waals surface area contributed by atoms with Crippen molar-refractivity contribution in [3.8, 4) is 34.1 Å². The Kier molecular flexibility index (Phi) is 3.23. The summed E-state index contributed by atoms with van der Waals surface area (Å²) in [4.78, 5) is 0. The Balaban J connectivity index is 1.37. The largest absolute Gasteiger partial charge is 0.456 e. The van der Waals surface area contributed by atoms with Crippen molar-refractivity contribution in [3.05, 3.63) is 109 Å². The van der Waals surface area contributed by atoms with Crippen molar-refractivity contribution in [3.63, 3.8) is 0 Å². The number of hydrogen-bond acceptors (Lipinski definition) is 2. The molecule has 2 aliphatic heterocycles. The highest BCUT2D eigenvalue weighted by atomic mass is 16.5. The van der Waals surface area contributed by atoms with Crippen LogP contribution in [-0.4, -0.2) is 0 Å². The lowest BCUT2D eigenvalue weighted by Gasteiger charge is -2.23. The molecule has 174 valence electrons. The van der Waals surface area contributed by atoms with Gasteiger partial charge in [-0.25, -0.2) is 0 Å². The van der Waals surface area contributed by atoms with Crippen LogP contribution >= 0.6 is 0 Å². The van der Waals surface area contributed by atoms with Crippen LogP contribution < -0.4 is 9.47 Å². The van der Waals surface area contributed by atoms with Gasteiger partial charge in [0.2, 0.25) is 0 Å². The fourth-order valence-electron chi connectivity index (χ4n) is 6.99. The summed E-state index contributed by atoms with van der Waals surface area (Å²) in [6.45, 7) is 0. The third-order valence-corrected chi connectivity index (χ3v) is 8.58. The molecule has 0 aliphatic carbocycles. The SMILES string of the molecule is c1cc2c3c(c1)ccc1ccc4c(-c5ccc6c7c5ccc5ccc8cccc(c8c57)O6)ccc(c4c13)O2. The Hall–Kier alpha value is -5.08. The highest BCUT2D eigenvalue weighted by Gasteiger charge is 2.24. The van der Waals surface area contributed by atoms with E-state index in [2.05, 4.69) is 109 Å². The number of hydrogen-bond donors (Lipinski definition) is 0. The van der Waals surface area contributed by atoms with E-state index in [9.17, 15) is 0 Å². The molecule has 2 aliphatic rings. The van der Waals surface area contributed by atoms with Gasteiger partial charge in [-0.05, 0) is 67.7 Å². The maximum atomic E-state index is 6.48. The van der Waals surface area contributed by atoms with Gasteiger partial charge in [0.05, 0.1) is 0 Å². The van der Waals surface area contributed by atoms with Gasteiger partial charge in [-0.15, -0.1) is 0 Å². The van der Waals surface area contributed by atoms with E-state index in [-0.39, 0.29) is 0 Å². The van der Waals surface area contributed by atoms with Gasteiger partial charge in [0.1, 0.15) is 23.0 Å². The molecule has 38 heavy (non-hydrogen) atoms. The lowest BCUT2D eigenvalue weighted by Crippen LogP contribution is -1.98. The Bertz CT molecular complexity index is 2230. The van der Waals surface area contributed by atoms with Gasteiger partial charge in [0.25, 0.3) is 0 Å². The summed E-state index contributed by atoms with van der Waals surface area (Å²) >= 11 is 0. The van der Waals surface area contributed by atoms with Crippen molar-refractivity contribution < 1.29 is 9.47 Å². The molecule has 0 bridgehead atoms. The van der Waals surface area contributed by atoms with E-state index >= 15 is 0 Å². The predicted octanol–water partition coefficient (Wildman–Crippen LogP) is 10.5. The molecule has 0 aromatic heterocycles. The van der Waals surface area contributed by atoms with Crippen LogP contribution in [0.25, 0.3) is 75.8 Å². The van der Waals surface area contributed by atoms with E-state index in [1.165, 1.54) is 75.8 Å².